The maximum absolute atomic E-state index is 13.2. The number of aliphatic hydroxyl groups excluding tert-OH is 1. The van der Waals surface area contributed by atoms with Crippen molar-refractivity contribution < 1.29 is 27.8 Å². The summed E-state index contributed by atoms with van der Waals surface area (Å²) in [5.74, 6) is 2.17. The Labute approximate surface area is 213 Å². The number of esters is 1. The molecule has 1 heterocycles. The minimum Gasteiger partial charge on any atom is -0.469 e. The minimum atomic E-state index is -4.57. The summed E-state index contributed by atoms with van der Waals surface area (Å²) in [5.41, 5.74) is 0.758. The van der Waals surface area contributed by atoms with Crippen molar-refractivity contribution in [3.8, 4) is 11.5 Å². The van der Waals surface area contributed by atoms with Gasteiger partial charge in [-0.05, 0) is 50.5 Å². The molecule has 36 heavy (non-hydrogen) atoms. The normalized spacial score (nSPS) is 18.4. The molecule has 5 nitrogen and oxygen atoms in total. The number of aryl methyl sites for hydroxylation is 1. The highest BCUT2D eigenvalue weighted by atomic mass is 28.3. The van der Waals surface area contributed by atoms with Gasteiger partial charge in [-0.25, -0.2) is 0 Å². The number of methoxy groups -OCH3 is 1. The lowest BCUT2D eigenvalue weighted by atomic mass is 9.63. The van der Waals surface area contributed by atoms with Crippen LogP contribution >= 0.6 is 0 Å². The van der Waals surface area contributed by atoms with E-state index in [2.05, 4.69) is 55.2 Å². The molecule has 0 radical (unpaired) electrons. The van der Waals surface area contributed by atoms with Crippen molar-refractivity contribution in [3.63, 3.8) is 0 Å². The summed E-state index contributed by atoms with van der Waals surface area (Å²) < 4.78 is 44.8. The summed E-state index contributed by atoms with van der Waals surface area (Å²) in [7, 11) is -0.262. The minimum absolute atomic E-state index is 0.0352. The number of carbonyl (C=O) groups is 1. The first-order chi connectivity index (χ1) is 16.4. The molecule has 0 spiro atoms. The molecule has 0 aliphatic carbocycles. The Morgan fingerprint density at radius 2 is 1.69 bits per heavy atom. The molecule has 1 N–H and O–H groups in total. The second-order valence-electron chi connectivity index (χ2n) is 11.7. The van der Waals surface area contributed by atoms with Gasteiger partial charge in [-0.1, -0.05) is 57.8 Å². The third-order valence-electron chi connectivity index (χ3n) is 6.80. The second kappa shape index (κ2) is 10.7. The van der Waals surface area contributed by atoms with E-state index in [9.17, 15) is 23.1 Å². The molecule has 1 aromatic rings. The van der Waals surface area contributed by atoms with E-state index in [4.69, 9.17) is 4.74 Å². The van der Waals surface area contributed by atoms with E-state index in [-0.39, 0.29) is 17.4 Å². The van der Waals surface area contributed by atoms with Crippen molar-refractivity contribution in [2.45, 2.75) is 91.0 Å². The van der Waals surface area contributed by atoms with Gasteiger partial charge in [-0.3, -0.25) is 4.79 Å². The zero-order chi connectivity index (χ0) is 27.6. The fraction of sp³-hybridized carbons (Fsp3) is 0.667. The van der Waals surface area contributed by atoms with Gasteiger partial charge in [-0.2, -0.15) is 13.2 Å². The first kappa shape index (κ1) is 30.0. The molecule has 9 heteroatoms. The van der Waals surface area contributed by atoms with Crippen LogP contribution in [0.15, 0.2) is 34.5 Å². The van der Waals surface area contributed by atoms with Crippen molar-refractivity contribution in [1.29, 1.82) is 0 Å². The Hall–Kier alpha value is -2.18. The van der Waals surface area contributed by atoms with Crippen LogP contribution in [0, 0.1) is 28.2 Å². The second-order valence-corrected chi connectivity index (χ2v) is 16.5. The topological polar surface area (TPSA) is 71.2 Å². The number of alkyl halides is 3. The predicted molar refractivity (Wildman–Crippen MR) is 137 cm³/mol. The first-order valence-corrected chi connectivity index (χ1v) is 15.8. The maximum Gasteiger partial charge on any atom is 0.442 e. The number of hydrogen-bond acceptors (Lipinski definition) is 5. The first-order valence-electron chi connectivity index (χ1n) is 12.3. The van der Waals surface area contributed by atoms with E-state index in [0.29, 0.717) is 19.3 Å². The lowest BCUT2D eigenvalue weighted by Crippen LogP contribution is -2.44. The lowest BCUT2D eigenvalue weighted by Gasteiger charge is -2.41. The Bertz CT molecular complexity index is 1010. The van der Waals surface area contributed by atoms with Crippen molar-refractivity contribution in [2.24, 2.45) is 27.0 Å². The molecule has 1 aliphatic heterocycles. The van der Waals surface area contributed by atoms with Gasteiger partial charge in [0.1, 0.15) is 8.07 Å². The highest BCUT2D eigenvalue weighted by Gasteiger charge is 2.65. The summed E-state index contributed by atoms with van der Waals surface area (Å²) in [4.78, 5) is 12.9. The summed E-state index contributed by atoms with van der Waals surface area (Å²) >= 11 is 0. The van der Waals surface area contributed by atoms with Crippen LogP contribution in [0.5, 0.6) is 0 Å². The number of rotatable bonds is 10. The van der Waals surface area contributed by atoms with Gasteiger partial charge in [0.25, 0.3) is 0 Å². The van der Waals surface area contributed by atoms with Crippen LogP contribution in [0.4, 0.5) is 13.2 Å². The number of ether oxygens (including phenoxy) is 1. The molecule has 3 atom stereocenters. The summed E-state index contributed by atoms with van der Waals surface area (Å²) in [6, 6.07) is 5.89. The van der Waals surface area contributed by atoms with Gasteiger partial charge < -0.3 is 9.84 Å². The molecule has 200 valence electrons. The Morgan fingerprint density at radius 1 is 1.14 bits per heavy atom. The SMILES string of the molecule is CCC(C)(CC(C)(C)C#C[Si](C)(C)C)C(C(=O)OC)C(O)CCc1ccc(C2(C(F)(F)F)N=N2)cc1. The zero-order valence-corrected chi connectivity index (χ0v) is 23.6. The Kier molecular flexibility index (Phi) is 8.90. The van der Waals surface area contributed by atoms with Crippen LogP contribution in [0.1, 0.15) is 58.1 Å². The molecule has 0 saturated carbocycles. The average Bonchev–Trinajstić information content (AvgIpc) is 3.58. The quantitative estimate of drug-likeness (QED) is 0.211. The zero-order valence-electron chi connectivity index (χ0n) is 22.6. The standard InChI is InChI=1S/C27H39F3N2O3Si/c1-9-25(4,18-24(2,3)16-17-36(6,7)8)22(23(34)35-5)21(33)15-12-19-10-13-20(14-11-19)26(31-32-26)27(28,29)30/h10-11,13-14,21-22,33H,9,12,15,18H2,1-8H3. The van der Waals surface area contributed by atoms with Crippen molar-refractivity contribution in [3.05, 3.63) is 35.4 Å². The molecule has 3 unspecified atom stereocenters. The highest BCUT2D eigenvalue weighted by molar-refractivity contribution is 6.83. The van der Waals surface area contributed by atoms with Crippen LogP contribution in [0.2, 0.25) is 19.6 Å². The van der Waals surface area contributed by atoms with Crippen LogP contribution in [-0.4, -0.2) is 38.5 Å². The molecular formula is C27H39F3N2O3Si. The van der Waals surface area contributed by atoms with Crippen LogP contribution in [0.3, 0.4) is 0 Å². The van der Waals surface area contributed by atoms with E-state index in [1.165, 1.54) is 19.2 Å². The predicted octanol–water partition coefficient (Wildman–Crippen LogP) is 6.66. The molecule has 2 rings (SSSR count). The van der Waals surface area contributed by atoms with Crippen molar-refractivity contribution in [1.82, 2.24) is 0 Å². The van der Waals surface area contributed by atoms with E-state index in [1.807, 2.05) is 13.8 Å². The number of aliphatic hydroxyl groups is 1. The summed E-state index contributed by atoms with van der Waals surface area (Å²) in [6.07, 6.45) is -3.67. The van der Waals surface area contributed by atoms with E-state index in [0.717, 1.165) is 5.56 Å². The molecule has 0 saturated heterocycles. The van der Waals surface area contributed by atoms with Crippen LogP contribution in [-0.2, 0) is 21.6 Å². The van der Waals surface area contributed by atoms with Gasteiger partial charge in [0.15, 0.2) is 0 Å². The average molecular weight is 525 g/mol. The van der Waals surface area contributed by atoms with E-state index in [1.54, 1.807) is 12.1 Å². The molecule has 1 aliphatic rings. The van der Waals surface area contributed by atoms with Crippen molar-refractivity contribution >= 4 is 14.0 Å². The monoisotopic (exact) mass is 524 g/mol. The Morgan fingerprint density at radius 3 is 2.11 bits per heavy atom. The van der Waals surface area contributed by atoms with Gasteiger partial charge in [-0.15, -0.1) is 21.7 Å². The number of nitrogens with zero attached hydrogens (tertiary/aromatic N) is 2. The smallest absolute Gasteiger partial charge is 0.442 e. The van der Waals surface area contributed by atoms with Crippen LogP contribution < -0.4 is 0 Å². The van der Waals surface area contributed by atoms with Gasteiger partial charge in [0.05, 0.1) is 19.1 Å². The molecular weight excluding hydrogens is 485 g/mol. The molecule has 0 fully saturated rings. The number of halogens is 3. The third kappa shape index (κ3) is 7.19. The number of benzene rings is 1. The molecule has 1 aromatic carbocycles. The fourth-order valence-electron chi connectivity index (χ4n) is 4.73. The highest BCUT2D eigenvalue weighted by Crippen LogP contribution is 2.52. The molecule has 0 bridgehead atoms. The van der Waals surface area contributed by atoms with Gasteiger partial charge in [0, 0.05) is 11.0 Å². The summed E-state index contributed by atoms with van der Waals surface area (Å²) in [6.45, 7) is 14.6. The number of hydrogen-bond donors (Lipinski definition) is 1. The Balaban J connectivity index is 2.19. The fourth-order valence-corrected chi connectivity index (χ4v) is 5.44. The summed E-state index contributed by atoms with van der Waals surface area (Å²) in [5, 5.41) is 17.6. The lowest BCUT2D eigenvalue weighted by molar-refractivity contribution is -0.166. The van der Waals surface area contributed by atoms with E-state index >= 15 is 0 Å². The maximum atomic E-state index is 13.2. The number of carbonyl (C=O) groups excluding carboxylic acids is 1. The van der Waals surface area contributed by atoms with Crippen LogP contribution in [0.25, 0.3) is 0 Å². The van der Waals surface area contributed by atoms with Gasteiger partial charge >= 0.3 is 17.8 Å². The largest absolute Gasteiger partial charge is 0.469 e. The van der Waals surface area contributed by atoms with Gasteiger partial charge in [0.2, 0.25) is 0 Å². The molecule has 0 amide bonds. The van der Waals surface area contributed by atoms with Crippen molar-refractivity contribution in [2.75, 3.05) is 7.11 Å². The molecule has 0 aromatic heterocycles. The third-order valence-corrected chi connectivity index (χ3v) is 7.68. The van der Waals surface area contributed by atoms with E-state index < -0.39 is 43.3 Å².